The SMILES string of the molecule is CC.CC.COc1cc(N2CC=C(Oc3ccc(-c4ccccc4)cc3)C2=O)ccc1OCCN1CC(O)C1. The lowest BCUT2D eigenvalue weighted by atomic mass is 10.1. The van der Waals surface area contributed by atoms with Crippen LogP contribution in [-0.2, 0) is 4.79 Å². The van der Waals surface area contributed by atoms with Crippen LogP contribution < -0.4 is 19.1 Å². The highest BCUT2D eigenvalue weighted by Gasteiger charge is 2.28. The molecule has 2 aliphatic rings. The molecule has 0 unspecified atom stereocenters. The summed E-state index contributed by atoms with van der Waals surface area (Å²) in [6, 6.07) is 23.3. The van der Waals surface area contributed by atoms with Gasteiger partial charge in [-0.1, -0.05) is 70.2 Å². The molecule has 1 N–H and O–H groups in total. The number of likely N-dealkylation sites (tertiary alicyclic amines) is 1. The van der Waals surface area contributed by atoms with Crippen LogP contribution in [0.4, 0.5) is 5.69 Å². The predicted octanol–water partition coefficient (Wildman–Crippen LogP) is 5.78. The van der Waals surface area contributed by atoms with Crippen molar-refractivity contribution in [2.24, 2.45) is 0 Å². The quantitative estimate of drug-likeness (QED) is 0.377. The summed E-state index contributed by atoms with van der Waals surface area (Å²) in [5, 5.41) is 9.38. The van der Waals surface area contributed by atoms with Crippen molar-refractivity contribution in [1.29, 1.82) is 0 Å². The van der Waals surface area contributed by atoms with Gasteiger partial charge in [0.05, 0.1) is 13.2 Å². The molecule has 3 aromatic rings. The zero-order chi connectivity index (χ0) is 28.2. The number of methoxy groups -OCH3 is 1. The number of anilines is 1. The van der Waals surface area contributed by atoms with Crippen molar-refractivity contribution in [2.45, 2.75) is 33.8 Å². The maximum atomic E-state index is 13.0. The Morgan fingerprint density at radius 3 is 2.18 bits per heavy atom. The normalized spacial score (nSPS) is 14.8. The molecule has 0 spiro atoms. The van der Waals surface area contributed by atoms with Crippen molar-refractivity contribution in [3.8, 4) is 28.4 Å². The molecule has 3 aromatic carbocycles. The van der Waals surface area contributed by atoms with E-state index in [2.05, 4.69) is 17.0 Å². The van der Waals surface area contributed by atoms with Crippen molar-refractivity contribution in [2.75, 3.05) is 44.8 Å². The average molecular weight is 533 g/mol. The Kier molecular flexibility index (Phi) is 11.4. The van der Waals surface area contributed by atoms with E-state index < -0.39 is 0 Å². The molecule has 2 aliphatic heterocycles. The lowest BCUT2D eigenvalue weighted by Gasteiger charge is -2.35. The van der Waals surface area contributed by atoms with Gasteiger partial charge in [-0.3, -0.25) is 9.69 Å². The summed E-state index contributed by atoms with van der Waals surface area (Å²) in [6.07, 6.45) is 1.56. The molecule has 5 rings (SSSR count). The molecule has 0 aliphatic carbocycles. The molecule has 0 aromatic heterocycles. The fourth-order valence-electron chi connectivity index (χ4n) is 4.21. The summed E-state index contributed by atoms with van der Waals surface area (Å²) >= 11 is 0. The number of β-amino-alcohol motifs (C(OH)–C–C–N with tert-alkyl or cyclic N) is 1. The summed E-state index contributed by atoms with van der Waals surface area (Å²) in [4.78, 5) is 16.8. The number of hydrogen-bond acceptors (Lipinski definition) is 6. The van der Waals surface area contributed by atoms with Gasteiger partial charge in [-0.25, -0.2) is 0 Å². The molecular formula is C32H40N2O5. The number of rotatable bonds is 9. The number of nitrogens with zero attached hydrogens (tertiary/aromatic N) is 2. The van der Waals surface area contributed by atoms with E-state index in [1.54, 1.807) is 24.2 Å². The van der Waals surface area contributed by atoms with E-state index in [4.69, 9.17) is 14.2 Å². The third kappa shape index (κ3) is 7.62. The topological polar surface area (TPSA) is 71.5 Å². The smallest absolute Gasteiger partial charge is 0.294 e. The first kappa shape index (κ1) is 29.7. The number of ether oxygens (including phenoxy) is 3. The fourth-order valence-corrected chi connectivity index (χ4v) is 4.21. The van der Waals surface area contributed by atoms with Crippen LogP contribution in [0.5, 0.6) is 17.2 Å². The molecule has 7 nitrogen and oxygen atoms in total. The lowest BCUT2D eigenvalue weighted by molar-refractivity contribution is -0.116. The largest absolute Gasteiger partial charge is 0.493 e. The zero-order valence-electron chi connectivity index (χ0n) is 23.6. The van der Waals surface area contributed by atoms with Crippen LogP contribution in [0.2, 0.25) is 0 Å². The number of carbonyl (C=O) groups is 1. The summed E-state index contributed by atoms with van der Waals surface area (Å²) in [6.45, 7) is 11.0. The van der Waals surface area contributed by atoms with Crippen LogP contribution in [-0.4, -0.2) is 61.9 Å². The van der Waals surface area contributed by atoms with Crippen molar-refractivity contribution in [3.63, 3.8) is 0 Å². The Bertz CT molecular complexity index is 1200. The fraction of sp³-hybridized carbons (Fsp3) is 0.344. The summed E-state index contributed by atoms with van der Waals surface area (Å²) in [7, 11) is 1.58. The maximum Gasteiger partial charge on any atom is 0.294 e. The molecule has 0 saturated carbocycles. The van der Waals surface area contributed by atoms with E-state index >= 15 is 0 Å². The Morgan fingerprint density at radius 1 is 0.872 bits per heavy atom. The number of aliphatic hydroxyl groups excluding tert-OH is 1. The first-order valence-corrected chi connectivity index (χ1v) is 13.7. The van der Waals surface area contributed by atoms with Crippen molar-refractivity contribution >= 4 is 11.6 Å². The second-order valence-corrected chi connectivity index (χ2v) is 8.57. The molecule has 208 valence electrons. The van der Waals surface area contributed by atoms with Gasteiger partial charge < -0.3 is 24.2 Å². The van der Waals surface area contributed by atoms with E-state index in [0.717, 1.165) is 17.7 Å². The predicted molar refractivity (Wildman–Crippen MR) is 157 cm³/mol. The van der Waals surface area contributed by atoms with E-state index in [-0.39, 0.29) is 12.0 Å². The molecule has 0 bridgehead atoms. The van der Waals surface area contributed by atoms with E-state index in [0.29, 0.717) is 54.9 Å². The molecule has 0 atom stereocenters. The molecule has 2 heterocycles. The maximum absolute atomic E-state index is 13.0. The molecule has 0 radical (unpaired) electrons. The number of carbonyl (C=O) groups excluding carboxylic acids is 1. The van der Waals surface area contributed by atoms with Gasteiger partial charge in [0, 0.05) is 37.9 Å². The minimum Gasteiger partial charge on any atom is -0.493 e. The van der Waals surface area contributed by atoms with Crippen molar-refractivity contribution in [1.82, 2.24) is 4.90 Å². The second kappa shape index (κ2) is 15.0. The molecule has 1 fully saturated rings. The van der Waals surface area contributed by atoms with Crippen LogP contribution in [0.3, 0.4) is 0 Å². The third-order valence-corrected chi connectivity index (χ3v) is 6.17. The second-order valence-electron chi connectivity index (χ2n) is 8.57. The highest BCUT2D eigenvalue weighted by Crippen LogP contribution is 2.34. The molecule has 1 saturated heterocycles. The summed E-state index contributed by atoms with van der Waals surface area (Å²) < 4.78 is 17.3. The number of amides is 1. The van der Waals surface area contributed by atoms with Gasteiger partial charge in [0.25, 0.3) is 5.91 Å². The first-order valence-electron chi connectivity index (χ1n) is 13.7. The highest BCUT2D eigenvalue weighted by atomic mass is 16.5. The van der Waals surface area contributed by atoms with Crippen LogP contribution in [0.1, 0.15) is 27.7 Å². The first-order chi connectivity index (χ1) is 19.1. The van der Waals surface area contributed by atoms with Crippen LogP contribution in [0.25, 0.3) is 11.1 Å². The van der Waals surface area contributed by atoms with E-state index in [1.807, 2.05) is 82.3 Å². The molecule has 39 heavy (non-hydrogen) atoms. The zero-order valence-corrected chi connectivity index (χ0v) is 23.6. The monoisotopic (exact) mass is 532 g/mol. The Morgan fingerprint density at radius 2 is 1.54 bits per heavy atom. The number of aliphatic hydroxyl groups is 1. The molecule has 7 heteroatoms. The van der Waals surface area contributed by atoms with E-state index in [1.165, 1.54) is 0 Å². The van der Waals surface area contributed by atoms with Crippen LogP contribution in [0.15, 0.2) is 84.6 Å². The van der Waals surface area contributed by atoms with Crippen LogP contribution >= 0.6 is 0 Å². The summed E-state index contributed by atoms with van der Waals surface area (Å²) in [5.41, 5.74) is 2.92. The van der Waals surface area contributed by atoms with Crippen LogP contribution in [0, 0.1) is 0 Å². The van der Waals surface area contributed by atoms with Crippen molar-refractivity contribution in [3.05, 3.63) is 84.6 Å². The van der Waals surface area contributed by atoms with Gasteiger partial charge in [0.2, 0.25) is 0 Å². The van der Waals surface area contributed by atoms with Crippen molar-refractivity contribution < 1.29 is 24.1 Å². The minimum absolute atomic E-state index is 0.204. The molecule has 1 amide bonds. The molecular weight excluding hydrogens is 492 g/mol. The third-order valence-electron chi connectivity index (χ3n) is 6.17. The summed E-state index contributed by atoms with van der Waals surface area (Å²) in [5.74, 6) is 1.89. The Balaban J connectivity index is 0.00000100. The Hall–Kier alpha value is -3.81. The van der Waals surface area contributed by atoms with Gasteiger partial charge in [-0.15, -0.1) is 0 Å². The van der Waals surface area contributed by atoms with Gasteiger partial charge in [-0.2, -0.15) is 0 Å². The van der Waals surface area contributed by atoms with Gasteiger partial charge >= 0.3 is 0 Å². The standard InChI is InChI=1S/C28H28N2O5.2C2H6/c1-33-27-17-22(9-12-25(27)34-16-15-29-18-23(31)19-29)30-14-13-26(28(30)32)35-24-10-7-21(8-11-24)20-5-3-2-4-6-20;2*1-2/h2-13,17,23,31H,14-16,18-19H2,1H3;2*1-2H3. The number of benzene rings is 3. The minimum atomic E-state index is -0.224. The van der Waals surface area contributed by atoms with E-state index in [9.17, 15) is 9.90 Å². The Labute approximate surface area is 232 Å². The number of hydrogen-bond donors (Lipinski definition) is 1. The van der Waals surface area contributed by atoms with Gasteiger partial charge in [0.15, 0.2) is 17.3 Å². The van der Waals surface area contributed by atoms with Gasteiger partial charge in [-0.05, 0) is 41.5 Å². The lowest BCUT2D eigenvalue weighted by Crippen LogP contribution is -2.51. The average Bonchev–Trinajstić information content (AvgIpc) is 3.34. The highest BCUT2D eigenvalue weighted by molar-refractivity contribution is 6.07. The van der Waals surface area contributed by atoms with Gasteiger partial charge in [0.1, 0.15) is 12.4 Å².